The van der Waals surface area contributed by atoms with Gasteiger partial charge in [-0.1, -0.05) is 26.0 Å². The molecule has 0 saturated heterocycles. The molecule has 0 aliphatic carbocycles. The average Bonchev–Trinajstić information content (AvgIpc) is 2.52. The summed E-state index contributed by atoms with van der Waals surface area (Å²) in [5, 5.41) is 2.58. The van der Waals surface area contributed by atoms with Gasteiger partial charge in [-0.25, -0.2) is 0 Å². The molecular weight excluding hydrogens is 264 g/mol. The molecule has 0 spiro atoms. The van der Waals surface area contributed by atoms with Crippen LogP contribution in [-0.2, 0) is 4.79 Å². The van der Waals surface area contributed by atoms with Gasteiger partial charge < -0.3 is 10.2 Å². The van der Waals surface area contributed by atoms with Crippen LogP contribution in [0.5, 0.6) is 0 Å². The van der Waals surface area contributed by atoms with E-state index in [2.05, 4.69) is 19.2 Å². The molecule has 1 aromatic rings. The highest BCUT2D eigenvalue weighted by Crippen LogP contribution is 2.07. The van der Waals surface area contributed by atoms with Crippen molar-refractivity contribution in [1.29, 1.82) is 0 Å². The number of rotatable bonds is 7. The van der Waals surface area contributed by atoms with Crippen molar-refractivity contribution in [3.63, 3.8) is 0 Å². The lowest BCUT2D eigenvalue weighted by Crippen LogP contribution is -2.30. The molecule has 0 aromatic heterocycles. The summed E-state index contributed by atoms with van der Waals surface area (Å²) >= 11 is 0. The maximum atomic E-state index is 12.1. The van der Waals surface area contributed by atoms with E-state index in [9.17, 15) is 9.59 Å². The Kier molecular flexibility index (Phi) is 7.23. The summed E-state index contributed by atoms with van der Waals surface area (Å²) in [6.07, 6.45) is 5.30. The number of hydrogen-bond donors (Lipinski definition) is 1. The molecule has 1 N–H and O–H groups in total. The van der Waals surface area contributed by atoms with Gasteiger partial charge in [-0.05, 0) is 36.6 Å². The number of carbonyl (C=O) groups excluding carboxylic acids is 2. The van der Waals surface area contributed by atoms with Crippen LogP contribution in [0.2, 0.25) is 0 Å². The number of amides is 2. The topological polar surface area (TPSA) is 49.4 Å². The molecule has 2 amide bonds. The Labute approximate surface area is 126 Å². The summed E-state index contributed by atoms with van der Waals surface area (Å²) in [5.74, 6) is -0.0762. The van der Waals surface area contributed by atoms with E-state index in [-0.39, 0.29) is 11.8 Å². The van der Waals surface area contributed by atoms with Crippen molar-refractivity contribution < 1.29 is 9.59 Å². The molecule has 21 heavy (non-hydrogen) atoms. The lowest BCUT2D eigenvalue weighted by molar-refractivity contribution is -0.126. The first-order valence-electron chi connectivity index (χ1n) is 7.41. The van der Waals surface area contributed by atoms with Crippen LogP contribution in [0.3, 0.4) is 0 Å². The maximum Gasteiger partial charge on any atom is 0.251 e. The van der Waals surface area contributed by atoms with E-state index in [0.29, 0.717) is 5.56 Å². The highest BCUT2D eigenvalue weighted by atomic mass is 16.2. The molecule has 0 aliphatic heterocycles. The predicted molar refractivity (Wildman–Crippen MR) is 86.0 cm³/mol. The molecule has 0 heterocycles. The van der Waals surface area contributed by atoms with Crippen LogP contribution in [0.4, 0.5) is 0 Å². The van der Waals surface area contributed by atoms with Gasteiger partial charge in [-0.3, -0.25) is 9.59 Å². The third-order valence-corrected chi connectivity index (χ3v) is 3.12. The Bertz CT molecular complexity index is 486. The third kappa shape index (κ3) is 5.42. The Morgan fingerprint density at radius 2 is 1.67 bits per heavy atom. The van der Waals surface area contributed by atoms with Gasteiger partial charge in [-0.15, -0.1) is 0 Å². The minimum absolute atomic E-state index is 0.0362. The number of nitrogens with zero attached hydrogens (tertiary/aromatic N) is 1. The monoisotopic (exact) mass is 288 g/mol. The predicted octanol–water partition coefficient (Wildman–Crippen LogP) is 2.71. The highest BCUT2D eigenvalue weighted by molar-refractivity contribution is 5.94. The number of nitrogens with one attached hydrogen (secondary N) is 1. The second-order valence-electron chi connectivity index (χ2n) is 4.86. The second-order valence-corrected chi connectivity index (χ2v) is 4.86. The lowest BCUT2D eigenvalue weighted by atomic mass is 10.1. The van der Waals surface area contributed by atoms with E-state index < -0.39 is 0 Å². The lowest BCUT2D eigenvalue weighted by Gasteiger charge is -2.19. The fourth-order valence-corrected chi connectivity index (χ4v) is 2.03. The Hall–Kier alpha value is -2.10. The largest absolute Gasteiger partial charge is 0.355 e. The SMILES string of the molecule is CCCN(CCC)C(=O)/C=C/c1ccc(C(=O)NC)cc1. The van der Waals surface area contributed by atoms with E-state index in [1.165, 1.54) is 0 Å². The van der Waals surface area contributed by atoms with Crippen molar-refractivity contribution in [1.82, 2.24) is 10.2 Å². The minimum atomic E-state index is -0.112. The molecule has 0 aliphatic rings. The van der Waals surface area contributed by atoms with E-state index in [1.54, 1.807) is 31.3 Å². The molecule has 1 rings (SSSR count). The number of hydrogen-bond acceptors (Lipinski definition) is 2. The van der Waals surface area contributed by atoms with Gasteiger partial charge in [0.1, 0.15) is 0 Å². The first-order chi connectivity index (χ1) is 10.1. The highest BCUT2D eigenvalue weighted by Gasteiger charge is 2.07. The molecule has 4 nitrogen and oxygen atoms in total. The van der Waals surface area contributed by atoms with Gasteiger partial charge in [0.25, 0.3) is 5.91 Å². The molecule has 4 heteroatoms. The quantitative estimate of drug-likeness (QED) is 0.784. The zero-order valence-electron chi connectivity index (χ0n) is 13.1. The Morgan fingerprint density at radius 1 is 1.10 bits per heavy atom. The van der Waals surface area contributed by atoms with Crippen LogP contribution in [-0.4, -0.2) is 36.9 Å². The second kappa shape index (κ2) is 8.95. The van der Waals surface area contributed by atoms with E-state index >= 15 is 0 Å². The van der Waals surface area contributed by atoms with E-state index in [0.717, 1.165) is 31.5 Å². The average molecular weight is 288 g/mol. The van der Waals surface area contributed by atoms with Crippen LogP contribution in [0.15, 0.2) is 30.3 Å². The van der Waals surface area contributed by atoms with Crippen LogP contribution < -0.4 is 5.32 Å². The van der Waals surface area contributed by atoms with Crippen molar-refractivity contribution in [2.45, 2.75) is 26.7 Å². The molecule has 1 aromatic carbocycles. The molecule has 0 bridgehead atoms. The first-order valence-corrected chi connectivity index (χ1v) is 7.41. The van der Waals surface area contributed by atoms with Crippen LogP contribution in [0.25, 0.3) is 6.08 Å². The summed E-state index contributed by atoms with van der Waals surface area (Å²) in [4.78, 5) is 25.4. The normalized spacial score (nSPS) is 10.6. The molecule has 0 fully saturated rings. The van der Waals surface area contributed by atoms with Crippen molar-refractivity contribution in [3.8, 4) is 0 Å². The van der Waals surface area contributed by atoms with Crippen molar-refractivity contribution in [3.05, 3.63) is 41.5 Å². The van der Waals surface area contributed by atoms with Crippen molar-refractivity contribution in [2.75, 3.05) is 20.1 Å². The third-order valence-electron chi connectivity index (χ3n) is 3.12. The fraction of sp³-hybridized carbons (Fsp3) is 0.412. The van der Waals surface area contributed by atoms with E-state index in [4.69, 9.17) is 0 Å². The summed E-state index contributed by atoms with van der Waals surface area (Å²) in [5.41, 5.74) is 1.52. The smallest absolute Gasteiger partial charge is 0.251 e. The standard InChI is InChI=1S/C17H24N2O2/c1-4-12-19(13-5-2)16(20)11-8-14-6-9-15(10-7-14)17(21)18-3/h6-11H,4-5,12-13H2,1-3H3,(H,18,21)/b11-8+. The molecule has 0 unspecified atom stereocenters. The van der Waals surface area contributed by atoms with Gasteiger partial charge in [0.2, 0.25) is 5.91 Å². The maximum absolute atomic E-state index is 12.1. The van der Waals surface area contributed by atoms with Crippen LogP contribution >= 0.6 is 0 Å². The molecule has 0 radical (unpaired) electrons. The molecule has 0 atom stereocenters. The zero-order chi connectivity index (χ0) is 15.7. The van der Waals surface area contributed by atoms with Crippen LogP contribution in [0, 0.1) is 0 Å². The van der Waals surface area contributed by atoms with Crippen molar-refractivity contribution in [2.24, 2.45) is 0 Å². The van der Waals surface area contributed by atoms with Gasteiger partial charge in [0.15, 0.2) is 0 Å². The minimum Gasteiger partial charge on any atom is -0.355 e. The van der Waals surface area contributed by atoms with Gasteiger partial charge in [0.05, 0.1) is 0 Å². The van der Waals surface area contributed by atoms with Gasteiger partial charge in [-0.2, -0.15) is 0 Å². The fourth-order valence-electron chi connectivity index (χ4n) is 2.03. The Morgan fingerprint density at radius 3 is 2.14 bits per heavy atom. The molecular formula is C17H24N2O2. The molecule has 114 valence electrons. The number of carbonyl (C=O) groups is 2. The first kappa shape index (κ1) is 17.0. The summed E-state index contributed by atoms with van der Waals surface area (Å²) in [6, 6.07) is 7.16. The summed E-state index contributed by atoms with van der Waals surface area (Å²) < 4.78 is 0. The summed E-state index contributed by atoms with van der Waals surface area (Å²) in [6.45, 7) is 5.70. The molecule has 0 saturated carbocycles. The zero-order valence-corrected chi connectivity index (χ0v) is 13.1. The number of benzene rings is 1. The van der Waals surface area contributed by atoms with Gasteiger partial charge in [0, 0.05) is 31.8 Å². The van der Waals surface area contributed by atoms with Crippen molar-refractivity contribution >= 4 is 17.9 Å². The Balaban J connectivity index is 2.70. The van der Waals surface area contributed by atoms with Gasteiger partial charge >= 0.3 is 0 Å². The summed E-state index contributed by atoms with van der Waals surface area (Å²) in [7, 11) is 1.60. The van der Waals surface area contributed by atoms with E-state index in [1.807, 2.05) is 17.0 Å². The van der Waals surface area contributed by atoms with Crippen LogP contribution in [0.1, 0.15) is 42.6 Å².